The van der Waals surface area contributed by atoms with Gasteiger partial charge in [-0.15, -0.1) is 0 Å². The number of nitrogen functional groups attached to an aromatic ring is 1. The van der Waals surface area contributed by atoms with Crippen LogP contribution in [0.3, 0.4) is 0 Å². The second-order valence-electron chi connectivity index (χ2n) is 4.92. The molecule has 0 aliphatic carbocycles. The van der Waals surface area contributed by atoms with Gasteiger partial charge in [-0.3, -0.25) is 24.7 Å². The van der Waals surface area contributed by atoms with Gasteiger partial charge in [-0.25, -0.2) is 15.8 Å². The van der Waals surface area contributed by atoms with E-state index < -0.39 is 5.91 Å². The van der Waals surface area contributed by atoms with Crippen molar-refractivity contribution < 1.29 is 14.4 Å². The minimum Gasteiger partial charge on any atom is -0.290 e. The van der Waals surface area contributed by atoms with Crippen molar-refractivity contribution in [3.8, 4) is 0 Å². The smallest absolute Gasteiger partial charge is 0.268 e. The Morgan fingerprint density at radius 3 is 2.17 bits per heavy atom. The highest BCUT2D eigenvalue weighted by Gasteiger charge is 2.34. The average molecular weight is 311 g/mol. The van der Waals surface area contributed by atoms with Crippen LogP contribution in [0.25, 0.3) is 0 Å². The van der Waals surface area contributed by atoms with Crippen LogP contribution < -0.4 is 11.3 Å². The molecule has 116 valence electrons. The van der Waals surface area contributed by atoms with Gasteiger partial charge in [0.25, 0.3) is 17.7 Å². The molecule has 23 heavy (non-hydrogen) atoms. The van der Waals surface area contributed by atoms with Gasteiger partial charge in [0.15, 0.2) is 0 Å². The molecular weight excluding hydrogens is 298 g/mol. The Bertz CT molecular complexity index is 753. The Hall–Kier alpha value is -3.13. The third-order valence-electron chi connectivity index (χ3n) is 3.54. The normalized spacial score (nSPS) is 13.2. The van der Waals surface area contributed by atoms with Crippen LogP contribution in [0.2, 0.25) is 0 Å². The molecule has 2 heterocycles. The number of fused-ring (bicyclic) bond motifs is 1. The number of hydrogen-bond donors (Lipinski definition) is 2. The van der Waals surface area contributed by atoms with Crippen LogP contribution in [-0.4, -0.2) is 39.1 Å². The SMILES string of the molecule is NNC(=O)c1cnc(CCN2C(=O)c3ccccc3C2=O)nc1. The summed E-state index contributed by atoms with van der Waals surface area (Å²) in [5, 5.41) is 0. The van der Waals surface area contributed by atoms with Gasteiger partial charge >= 0.3 is 0 Å². The monoisotopic (exact) mass is 311 g/mol. The highest BCUT2D eigenvalue weighted by molar-refractivity contribution is 6.21. The zero-order valence-corrected chi connectivity index (χ0v) is 12.0. The molecule has 2 aromatic rings. The number of aromatic nitrogens is 2. The fraction of sp³-hybridized carbons (Fsp3) is 0.133. The van der Waals surface area contributed by atoms with Crippen molar-refractivity contribution in [3.05, 3.63) is 59.2 Å². The Labute approximate surface area is 131 Å². The molecule has 8 nitrogen and oxygen atoms in total. The van der Waals surface area contributed by atoms with Gasteiger partial charge in [-0.05, 0) is 12.1 Å². The lowest BCUT2D eigenvalue weighted by atomic mass is 10.1. The molecule has 3 rings (SSSR count). The average Bonchev–Trinajstić information content (AvgIpc) is 2.84. The van der Waals surface area contributed by atoms with Gasteiger partial charge in [0, 0.05) is 25.4 Å². The minimum absolute atomic E-state index is 0.175. The first-order valence-corrected chi connectivity index (χ1v) is 6.89. The molecule has 0 radical (unpaired) electrons. The van der Waals surface area contributed by atoms with Crippen molar-refractivity contribution in [1.29, 1.82) is 0 Å². The number of hydrogen-bond acceptors (Lipinski definition) is 6. The molecule has 8 heteroatoms. The van der Waals surface area contributed by atoms with E-state index in [1.54, 1.807) is 24.3 Å². The molecule has 0 saturated carbocycles. The first kappa shape index (κ1) is 14.8. The number of carbonyl (C=O) groups is 3. The summed E-state index contributed by atoms with van der Waals surface area (Å²) >= 11 is 0. The number of hydrazine groups is 1. The van der Waals surface area contributed by atoms with Crippen molar-refractivity contribution >= 4 is 17.7 Å². The lowest BCUT2D eigenvalue weighted by molar-refractivity contribution is 0.0655. The van der Waals surface area contributed by atoms with E-state index in [9.17, 15) is 14.4 Å². The topological polar surface area (TPSA) is 118 Å². The predicted octanol–water partition coefficient (Wildman–Crippen LogP) is -0.0812. The van der Waals surface area contributed by atoms with Gasteiger partial charge in [0.2, 0.25) is 0 Å². The Morgan fingerprint density at radius 1 is 1.09 bits per heavy atom. The number of amides is 3. The second kappa shape index (κ2) is 5.93. The Balaban J connectivity index is 1.69. The van der Waals surface area contributed by atoms with Crippen LogP contribution in [0.1, 0.15) is 36.9 Å². The summed E-state index contributed by atoms with van der Waals surface area (Å²) in [6, 6.07) is 6.70. The summed E-state index contributed by atoms with van der Waals surface area (Å²) in [6.07, 6.45) is 2.98. The quantitative estimate of drug-likeness (QED) is 0.353. The fourth-order valence-electron chi connectivity index (χ4n) is 2.34. The van der Waals surface area contributed by atoms with Gasteiger partial charge in [0.1, 0.15) is 5.82 Å². The van der Waals surface area contributed by atoms with Crippen LogP contribution in [0.5, 0.6) is 0 Å². The van der Waals surface area contributed by atoms with E-state index in [1.165, 1.54) is 17.3 Å². The van der Waals surface area contributed by atoms with Crippen LogP contribution in [0.4, 0.5) is 0 Å². The summed E-state index contributed by atoms with van der Waals surface area (Å²) in [6.45, 7) is 0.175. The molecule has 1 aromatic carbocycles. The molecule has 0 saturated heterocycles. The molecule has 1 aliphatic rings. The van der Waals surface area contributed by atoms with Gasteiger partial charge < -0.3 is 0 Å². The number of nitrogens with one attached hydrogen (secondary N) is 1. The van der Waals surface area contributed by atoms with Gasteiger partial charge in [-0.1, -0.05) is 12.1 Å². The van der Waals surface area contributed by atoms with Gasteiger partial charge in [-0.2, -0.15) is 0 Å². The summed E-state index contributed by atoms with van der Waals surface area (Å²) in [4.78, 5) is 44.9. The largest absolute Gasteiger partial charge is 0.290 e. The maximum atomic E-state index is 12.2. The van der Waals surface area contributed by atoms with Crippen LogP contribution in [0, 0.1) is 0 Å². The molecule has 0 fully saturated rings. The lowest BCUT2D eigenvalue weighted by Gasteiger charge is -2.12. The molecule has 0 bridgehead atoms. The van der Waals surface area contributed by atoms with E-state index >= 15 is 0 Å². The Kier molecular flexibility index (Phi) is 3.82. The maximum Gasteiger partial charge on any atom is 0.268 e. The van der Waals surface area contributed by atoms with Crippen molar-refractivity contribution in [2.24, 2.45) is 5.84 Å². The lowest BCUT2D eigenvalue weighted by Crippen LogP contribution is -2.32. The molecule has 1 aliphatic heterocycles. The molecule has 0 atom stereocenters. The van der Waals surface area contributed by atoms with E-state index in [1.807, 2.05) is 5.43 Å². The molecule has 0 unspecified atom stereocenters. The highest BCUT2D eigenvalue weighted by Crippen LogP contribution is 2.22. The number of rotatable bonds is 4. The molecule has 1 aromatic heterocycles. The standard InChI is InChI=1S/C15H13N5O3/c16-19-13(21)9-7-17-12(18-8-9)5-6-20-14(22)10-3-1-2-4-11(10)15(20)23/h1-4,7-8H,5-6,16H2,(H,19,21). The second-order valence-corrected chi connectivity index (χ2v) is 4.92. The molecule has 3 N–H and O–H groups in total. The van der Waals surface area contributed by atoms with Gasteiger partial charge in [0.05, 0.1) is 16.7 Å². The number of imide groups is 1. The predicted molar refractivity (Wildman–Crippen MR) is 79.2 cm³/mol. The van der Waals surface area contributed by atoms with E-state index in [0.29, 0.717) is 23.4 Å². The Morgan fingerprint density at radius 2 is 1.65 bits per heavy atom. The first-order valence-electron chi connectivity index (χ1n) is 6.89. The highest BCUT2D eigenvalue weighted by atomic mass is 16.2. The zero-order chi connectivity index (χ0) is 16.4. The zero-order valence-electron chi connectivity index (χ0n) is 12.0. The third kappa shape index (κ3) is 2.67. The molecule has 0 spiro atoms. The van der Waals surface area contributed by atoms with Crippen molar-refractivity contribution in [2.75, 3.05) is 6.54 Å². The van der Waals surface area contributed by atoms with E-state index in [0.717, 1.165) is 0 Å². The van der Waals surface area contributed by atoms with Crippen molar-refractivity contribution in [2.45, 2.75) is 6.42 Å². The summed E-state index contributed by atoms with van der Waals surface area (Å²) in [7, 11) is 0. The van der Waals surface area contributed by atoms with E-state index in [2.05, 4.69) is 9.97 Å². The molecular formula is C15H13N5O3. The first-order chi connectivity index (χ1) is 11.1. The summed E-state index contributed by atoms with van der Waals surface area (Å²) in [5.41, 5.74) is 3.04. The van der Waals surface area contributed by atoms with Crippen molar-refractivity contribution in [1.82, 2.24) is 20.3 Å². The number of carbonyl (C=O) groups excluding carboxylic acids is 3. The minimum atomic E-state index is -0.489. The number of nitrogens with zero attached hydrogens (tertiary/aromatic N) is 3. The van der Waals surface area contributed by atoms with E-state index in [-0.39, 0.29) is 23.9 Å². The summed E-state index contributed by atoms with van der Waals surface area (Å²) < 4.78 is 0. The molecule has 3 amide bonds. The van der Waals surface area contributed by atoms with Crippen LogP contribution in [-0.2, 0) is 6.42 Å². The number of nitrogens with two attached hydrogens (primary N) is 1. The van der Waals surface area contributed by atoms with Crippen molar-refractivity contribution in [3.63, 3.8) is 0 Å². The van der Waals surface area contributed by atoms with Crippen LogP contribution >= 0.6 is 0 Å². The number of benzene rings is 1. The van der Waals surface area contributed by atoms with Crippen LogP contribution in [0.15, 0.2) is 36.7 Å². The summed E-state index contributed by atoms with van der Waals surface area (Å²) in [5.74, 6) is 4.33. The van der Waals surface area contributed by atoms with E-state index in [4.69, 9.17) is 5.84 Å². The third-order valence-corrected chi connectivity index (χ3v) is 3.54. The fourth-order valence-corrected chi connectivity index (χ4v) is 2.34. The maximum absolute atomic E-state index is 12.2.